The van der Waals surface area contributed by atoms with Crippen molar-refractivity contribution in [2.24, 2.45) is 5.73 Å². The van der Waals surface area contributed by atoms with Gasteiger partial charge in [0, 0.05) is 55.4 Å². The van der Waals surface area contributed by atoms with Crippen molar-refractivity contribution in [3.8, 4) is 0 Å². The van der Waals surface area contributed by atoms with Gasteiger partial charge in [-0.2, -0.15) is 0 Å². The molecule has 2 heterocycles. The van der Waals surface area contributed by atoms with Gasteiger partial charge in [-0.05, 0) is 56.2 Å². The van der Waals surface area contributed by atoms with E-state index in [-0.39, 0.29) is 0 Å². The molecule has 0 aliphatic carbocycles. The maximum atomic E-state index is 11.9. The summed E-state index contributed by atoms with van der Waals surface area (Å²) in [6, 6.07) is 19.3. The summed E-state index contributed by atoms with van der Waals surface area (Å²) in [5.74, 6) is 0.134. The topological polar surface area (TPSA) is 95.3 Å². The highest BCUT2D eigenvalue weighted by molar-refractivity contribution is 5.98. The number of pyridine rings is 1. The second-order valence-electron chi connectivity index (χ2n) is 8.81. The summed E-state index contributed by atoms with van der Waals surface area (Å²) in [6.07, 6.45) is 1.52. The minimum absolute atomic E-state index is 0.367. The Labute approximate surface area is 195 Å². The Bertz CT molecular complexity index is 1100. The van der Waals surface area contributed by atoms with Crippen molar-refractivity contribution in [2.75, 3.05) is 28.6 Å². The molecule has 7 nitrogen and oxygen atoms in total. The van der Waals surface area contributed by atoms with Gasteiger partial charge in [-0.1, -0.05) is 24.3 Å². The number of nitrogens with one attached hydrogen (secondary N) is 3. The van der Waals surface area contributed by atoms with E-state index in [1.165, 1.54) is 17.4 Å². The quantitative estimate of drug-likeness (QED) is 0.439. The number of rotatable bonds is 7. The number of piperazine rings is 1. The molecular weight excluding hydrogens is 412 g/mol. The highest BCUT2D eigenvalue weighted by Crippen LogP contribution is 2.25. The third-order valence-electron chi connectivity index (χ3n) is 5.96. The van der Waals surface area contributed by atoms with E-state index in [9.17, 15) is 4.79 Å². The van der Waals surface area contributed by atoms with Crippen molar-refractivity contribution in [2.45, 2.75) is 39.4 Å². The Morgan fingerprint density at radius 2 is 1.82 bits per heavy atom. The van der Waals surface area contributed by atoms with E-state index in [1.807, 2.05) is 18.2 Å². The van der Waals surface area contributed by atoms with Gasteiger partial charge in [0.1, 0.15) is 5.82 Å². The van der Waals surface area contributed by atoms with Gasteiger partial charge >= 0.3 is 0 Å². The number of carbonyl (C=O) groups excluding carboxylic acids is 1. The van der Waals surface area contributed by atoms with E-state index >= 15 is 0 Å². The Morgan fingerprint density at radius 1 is 1.12 bits per heavy atom. The van der Waals surface area contributed by atoms with Crippen molar-refractivity contribution in [1.29, 1.82) is 0 Å². The van der Waals surface area contributed by atoms with E-state index in [2.05, 4.69) is 83.0 Å². The summed E-state index contributed by atoms with van der Waals surface area (Å²) in [5, 5.41) is 10.2. The van der Waals surface area contributed by atoms with Gasteiger partial charge in [-0.15, -0.1) is 0 Å². The molecule has 2 atom stereocenters. The molecule has 0 saturated carbocycles. The van der Waals surface area contributed by atoms with Crippen LogP contribution in [0.25, 0.3) is 0 Å². The molecule has 0 spiro atoms. The Morgan fingerprint density at radius 3 is 2.48 bits per heavy atom. The van der Waals surface area contributed by atoms with Gasteiger partial charge in [0.2, 0.25) is 0 Å². The molecule has 172 valence electrons. The molecule has 1 aliphatic heterocycles. The van der Waals surface area contributed by atoms with E-state index in [4.69, 9.17) is 5.73 Å². The first-order chi connectivity index (χ1) is 15.9. The molecular formula is C26H32N6O. The molecule has 4 rings (SSSR count). The van der Waals surface area contributed by atoms with Crippen LogP contribution in [0.5, 0.6) is 0 Å². The summed E-state index contributed by atoms with van der Waals surface area (Å²) in [4.78, 5) is 18.7. The molecule has 0 bridgehead atoms. The Hall–Kier alpha value is -3.58. The highest BCUT2D eigenvalue weighted by atomic mass is 16.1. The molecule has 2 aromatic carbocycles. The molecule has 7 heteroatoms. The zero-order chi connectivity index (χ0) is 23.4. The number of primary amides is 1. The minimum Gasteiger partial charge on any atom is -0.380 e. The fourth-order valence-corrected chi connectivity index (χ4v) is 4.31. The normalized spacial score (nSPS) is 18.1. The summed E-state index contributed by atoms with van der Waals surface area (Å²) in [7, 11) is 0. The predicted octanol–water partition coefficient (Wildman–Crippen LogP) is 4.03. The molecule has 1 aliphatic rings. The molecule has 33 heavy (non-hydrogen) atoms. The van der Waals surface area contributed by atoms with Crippen LogP contribution < -0.4 is 26.6 Å². The first-order valence-electron chi connectivity index (χ1n) is 11.4. The Kier molecular flexibility index (Phi) is 6.79. The van der Waals surface area contributed by atoms with Crippen LogP contribution in [0.2, 0.25) is 0 Å². The number of aryl methyl sites for hydroxylation is 1. The third-order valence-corrected chi connectivity index (χ3v) is 5.96. The number of nitrogens with zero attached hydrogens (tertiary/aromatic N) is 2. The van der Waals surface area contributed by atoms with Gasteiger partial charge in [0.25, 0.3) is 5.91 Å². The number of amides is 1. The monoisotopic (exact) mass is 444 g/mol. The largest absolute Gasteiger partial charge is 0.380 e. The maximum Gasteiger partial charge on any atom is 0.252 e. The summed E-state index contributed by atoms with van der Waals surface area (Å²) in [6.45, 7) is 9.06. The van der Waals surface area contributed by atoms with Gasteiger partial charge in [0.05, 0.1) is 11.3 Å². The Balaban J connectivity index is 1.48. The van der Waals surface area contributed by atoms with Crippen molar-refractivity contribution >= 4 is 28.8 Å². The van der Waals surface area contributed by atoms with Gasteiger partial charge in [-0.25, -0.2) is 4.98 Å². The fourth-order valence-electron chi connectivity index (χ4n) is 4.31. The molecule has 1 saturated heterocycles. The number of hydrogen-bond acceptors (Lipinski definition) is 6. The van der Waals surface area contributed by atoms with Crippen molar-refractivity contribution in [1.82, 2.24) is 10.3 Å². The third kappa shape index (κ3) is 5.62. The van der Waals surface area contributed by atoms with Gasteiger partial charge in [-0.3, -0.25) is 4.79 Å². The lowest BCUT2D eigenvalue weighted by Crippen LogP contribution is -2.54. The van der Waals surface area contributed by atoms with E-state index < -0.39 is 5.91 Å². The molecule has 3 aromatic rings. The lowest BCUT2D eigenvalue weighted by atomic mass is 10.1. The van der Waals surface area contributed by atoms with Crippen LogP contribution in [0.15, 0.2) is 60.8 Å². The molecule has 5 N–H and O–H groups in total. The predicted molar refractivity (Wildman–Crippen MR) is 135 cm³/mol. The lowest BCUT2D eigenvalue weighted by Gasteiger charge is -2.37. The van der Waals surface area contributed by atoms with Crippen LogP contribution in [0.3, 0.4) is 0 Å². The van der Waals surface area contributed by atoms with Crippen molar-refractivity contribution in [3.05, 3.63) is 77.5 Å². The molecule has 0 unspecified atom stereocenters. The van der Waals surface area contributed by atoms with E-state index in [1.54, 1.807) is 0 Å². The summed E-state index contributed by atoms with van der Waals surface area (Å²) >= 11 is 0. The summed E-state index contributed by atoms with van der Waals surface area (Å²) in [5.41, 5.74) is 11.1. The molecule has 0 radical (unpaired) electrons. The first-order valence-corrected chi connectivity index (χ1v) is 11.4. The number of nitrogens with two attached hydrogens (primary N) is 1. The smallest absolute Gasteiger partial charge is 0.252 e. The number of carbonyl (C=O) groups is 1. The average molecular weight is 445 g/mol. The second kappa shape index (κ2) is 9.92. The molecule has 1 aromatic heterocycles. The number of aromatic nitrogens is 1. The zero-order valence-corrected chi connectivity index (χ0v) is 19.4. The number of anilines is 4. The van der Waals surface area contributed by atoms with Crippen LogP contribution in [-0.4, -0.2) is 36.1 Å². The van der Waals surface area contributed by atoms with Crippen LogP contribution >= 0.6 is 0 Å². The minimum atomic E-state index is -0.509. The highest BCUT2D eigenvalue weighted by Gasteiger charge is 2.21. The van der Waals surface area contributed by atoms with Crippen molar-refractivity contribution in [3.63, 3.8) is 0 Å². The molecule has 1 amide bonds. The lowest BCUT2D eigenvalue weighted by molar-refractivity contribution is 0.100. The maximum absolute atomic E-state index is 11.9. The van der Waals surface area contributed by atoms with Crippen LogP contribution in [-0.2, 0) is 6.54 Å². The van der Waals surface area contributed by atoms with Crippen molar-refractivity contribution < 1.29 is 4.79 Å². The van der Waals surface area contributed by atoms with Crippen LogP contribution in [0, 0.1) is 6.92 Å². The summed E-state index contributed by atoms with van der Waals surface area (Å²) < 4.78 is 0. The average Bonchev–Trinajstić information content (AvgIpc) is 2.78. The number of benzene rings is 2. The first kappa shape index (κ1) is 22.6. The fraction of sp³-hybridized carbons (Fsp3) is 0.308. The SMILES string of the molecule is Cc1ccccc1CNc1cc(Nc2ccc(N3C[C@@H](C)N[C@@H](C)C3)cc2)ncc1C(N)=O. The number of hydrogen-bond donors (Lipinski definition) is 4. The van der Waals surface area contributed by atoms with Crippen LogP contribution in [0.4, 0.5) is 22.9 Å². The second-order valence-corrected chi connectivity index (χ2v) is 8.81. The van der Waals surface area contributed by atoms with Gasteiger partial charge in [0.15, 0.2) is 0 Å². The van der Waals surface area contributed by atoms with E-state index in [0.29, 0.717) is 35.7 Å². The molecule has 1 fully saturated rings. The van der Waals surface area contributed by atoms with E-state index in [0.717, 1.165) is 24.3 Å². The zero-order valence-electron chi connectivity index (χ0n) is 19.4. The van der Waals surface area contributed by atoms with Crippen LogP contribution in [0.1, 0.15) is 35.3 Å². The standard InChI is InChI=1S/C26H32N6O/c1-17-6-4-5-7-20(17)13-28-24-12-25(29-14-23(24)26(27)33)31-21-8-10-22(11-9-21)32-15-18(2)30-19(3)16-32/h4-12,14,18-19,30H,13,15-16H2,1-3H3,(H2,27,33)(H2,28,29,31)/t18-,19+. The van der Waals surface area contributed by atoms with Gasteiger partial charge < -0.3 is 26.6 Å².